The third-order valence-electron chi connectivity index (χ3n) is 11.9. The molecule has 0 bridgehead atoms. The van der Waals surface area contributed by atoms with E-state index in [1.165, 1.54) is 18.2 Å². The zero-order chi connectivity index (χ0) is 46.2. The zero-order valence-corrected chi connectivity index (χ0v) is 39.4. The van der Waals surface area contributed by atoms with E-state index in [0.29, 0.717) is 50.6 Å². The van der Waals surface area contributed by atoms with Gasteiger partial charge in [0.1, 0.15) is 12.1 Å². The number of amides is 3. The number of aromatic nitrogens is 1. The molecule has 18 heteroatoms. The molecule has 6 rings (SSSR count). The SMILES string of the molecule is CC(C)CC(=O)SCCOP(=O)(OCCSC(=O)CC(C)C)C(F)(F)c1ccc2ccc(C(=O)N[C@H]3CCCC[C@H]4CC[C@@H](C(=O)N5CCC(c6cc[nH]c(=O)c6)C5)N4C3=O)cc2c1. The maximum atomic E-state index is 16.5. The molecule has 0 saturated carbocycles. The quantitative estimate of drug-likeness (QED) is 0.0926. The van der Waals surface area contributed by atoms with Gasteiger partial charge in [0.25, 0.3) is 5.91 Å². The predicted molar refractivity (Wildman–Crippen MR) is 246 cm³/mol. The molecule has 3 amide bonds. The number of hydrogen-bond acceptors (Lipinski definition) is 11. The first-order valence-corrected chi connectivity index (χ1v) is 25.7. The van der Waals surface area contributed by atoms with Crippen molar-refractivity contribution in [3.8, 4) is 0 Å². The molecule has 0 spiro atoms. The highest BCUT2D eigenvalue weighted by molar-refractivity contribution is 8.13. The normalized spacial score (nSPS) is 20.7. The number of nitrogens with zero attached hydrogens (tertiary/aromatic N) is 2. The Labute approximate surface area is 381 Å². The van der Waals surface area contributed by atoms with Gasteiger partial charge in [-0.3, -0.25) is 33.3 Å². The molecule has 13 nitrogen and oxygen atoms in total. The highest BCUT2D eigenvalue weighted by Crippen LogP contribution is 2.67. The number of carbonyl (C=O) groups is 5. The molecule has 3 aliphatic heterocycles. The van der Waals surface area contributed by atoms with Crippen LogP contribution in [0.4, 0.5) is 8.78 Å². The second-order valence-electron chi connectivity index (χ2n) is 17.7. The minimum Gasteiger partial charge on any atom is -0.340 e. The van der Waals surface area contributed by atoms with Crippen molar-refractivity contribution in [2.24, 2.45) is 11.8 Å². The summed E-state index contributed by atoms with van der Waals surface area (Å²) >= 11 is 1.80. The van der Waals surface area contributed by atoms with Crippen molar-refractivity contribution >= 4 is 69.8 Å². The fraction of sp³-hybridized carbons (Fsp3) is 0.565. The predicted octanol–water partition coefficient (Wildman–Crippen LogP) is 8.46. The number of hydrogen-bond donors (Lipinski definition) is 2. The number of H-pyrrole nitrogens is 1. The van der Waals surface area contributed by atoms with Gasteiger partial charge in [-0.05, 0) is 84.5 Å². The first kappa shape index (κ1) is 49.5. The fourth-order valence-electron chi connectivity index (χ4n) is 8.65. The average molecular weight is 945 g/mol. The van der Waals surface area contributed by atoms with Crippen molar-refractivity contribution in [2.45, 2.75) is 115 Å². The number of pyridine rings is 1. The van der Waals surface area contributed by atoms with Crippen LogP contribution in [0.2, 0.25) is 0 Å². The molecule has 3 fully saturated rings. The molecule has 3 aliphatic rings. The molecule has 64 heavy (non-hydrogen) atoms. The lowest BCUT2D eigenvalue weighted by Crippen LogP contribution is -2.56. The topological polar surface area (TPSA) is 172 Å². The van der Waals surface area contributed by atoms with Crippen LogP contribution in [-0.2, 0) is 38.5 Å². The van der Waals surface area contributed by atoms with E-state index in [9.17, 15) is 33.3 Å². The summed E-state index contributed by atoms with van der Waals surface area (Å²) in [7, 11) is -5.26. The van der Waals surface area contributed by atoms with Gasteiger partial charge in [0.2, 0.25) is 17.4 Å². The van der Waals surface area contributed by atoms with E-state index < -0.39 is 50.0 Å². The molecule has 1 unspecified atom stereocenters. The van der Waals surface area contributed by atoms with Gasteiger partial charge in [-0.15, -0.1) is 0 Å². The molecule has 348 valence electrons. The number of fused-ring (bicyclic) bond motifs is 2. The van der Waals surface area contributed by atoms with Crippen molar-refractivity contribution in [1.82, 2.24) is 20.1 Å². The number of benzene rings is 2. The lowest BCUT2D eigenvalue weighted by molar-refractivity contribution is -0.146. The van der Waals surface area contributed by atoms with Crippen LogP contribution in [0.1, 0.15) is 113 Å². The second-order valence-corrected chi connectivity index (χ2v) is 22.1. The van der Waals surface area contributed by atoms with Crippen LogP contribution in [0.3, 0.4) is 0 Å². The first-order chi connectivity index (χ1) is 30.5. The Balaban J connectivity index is 1.16. The number of likely N-dealkylation sites (tertiary alicyclic amines) is 1. The molecular weight excluding hydrogens is 886 g/mol. The molecule has 3 saturated heterocycles. The number of aromatic amines is 1. The molecule has 1 aromatic heterocycles. The summed E-state index contributed by atoms with van der Waals surface area (Å²) in [6.07, 6.45) is 6.65. The van der Waals surface area contributed by atoms with Gasteiger partial charge in [-0.25, -0.2) is 0 Å². The van der Waals surface area contributed by atoms with Crippen LogP contribution < -0.4 is 10.9 Å². The van der Waals surface area contributed by atoms with E-state index in [1.54, 1.807) is 28.1 Å². The minimum atomic E-state index is -5.26. The van der Waals surface area contributed by atoms with Crippen molar-refractivity contribution in [1.29, 1.82) is 0 Å². The van der Waals surface area contributed by atoms with Crippen LogP contribution in [0.25, 0.3) is 10.8 Å². The summed E-state index contributed by atoms with van der Waals surface area (Å²) in [5.74, 6) is -0.890. The van der Waals surface area contributed by atoms with Crippen LogP contribution >= 0.6 is 31.1 Å². The zero-order valence-electron chi connectivity index (χ0n) is 36.9. The van der Waals surface area contributed by atoms with Gasteiger partial charge in [-0.2, -0.15) is 8.78 Å². The third kappa shape index (κ3) is 12.3. The van der Waals surface area contributed by atoms with Gasteiger partial charge in [0, 0.05) is 72.8 Å². The highest BCUT2D eigenvalue weighted by atomic mass is 32.2. The molecule has 4 heterocycles. The van der Waals surface area contributed by atoms with E-state index in [-0.39, 0.29) is 86.7 Å². The van der Waals surface area contributed by atoms with E-state index in [2.05, 4.69) is 10.3 Å². The van der Waals surface area contributed by atoms with E-state index in [0.717, 1.165) is 54.1 Å². The Morgan fingerprint density at radius 1 is 0.844 bits per heavy atom. The molecule has 2 aromatic carbocycles. The monoisotopic (exact) mass is 944 g/mol. The van der Waals surface area contributed by atoms with Crippen LogP contribution in [0.5, 0.6) is 0 Å². The number of rotatable bonds is 18. The maximum absolute atomic E-state index is 16.5. The molecule has 3 aromatic rings. The lowest BCUT2D eigenvalue weighted by Gasteiger charge is -2.36. The Bertz CT molecular complexity index is 2260. The Hall–Kier alpha value is -3.89. The molecular formula is C46H59F2N4O9PS2. The summed E-state index contributed by atoms with van der Waals surface area (Å²) in [6, 6.07) is 9.87. The summed E-state index contributed by atoms with van der Waals surface area (Å²) < 4.78 is 57.8. The van der Waals surface area contributed by atoms with Crippen LogP contribution in [0, 0.1) is 11.8 Å². The third-order valence-corrected chi connectivity index (χ3v) is 15.6. The van der Waals surface area contributed by atoms with Crippen molar-refractivity contribution in [3.63, 3.8) is 0 Å². The Morgan fingerprint density at radius 2 is 1.50 bits per heavy atom. The van der Waals surface area contributed by atoms with Crippen molar-refractivity contribution < 1.29 is 46.4 Å². The maximum Gasteiger partial charge on any atom is 0.404 e. The lowest BCUT2D eigenvalue weighted by atomic mass is 9.98. The molecule has 4 atom stereocenters. The number of carbonyl (C=O) groups excluding carboxylic acids is 5. The van der Waals surface area contributed by atoms with Crippen LogP contribution in [-0.4, -0.2) is 98.7 Å². The number of thioether (sulfide) groups is 2. The number of nitrogens with one attached hydrogen (secondary N) is 2. The van der Waals surface area contributed by atoms with E-state index in [1.807, 2.05) is 33.8 Å². The Morgan fingerprint density at radius 3 is 2.16 bits per heavy atom. The Kier molecular flexibility index (Phi) is 17.1. The summed E-state index contributed by atoms with van der Waals surface area (Å²) in [5.41, 5.74) is -4.07. The van der Waals surface area contributed by atoms with Gasteiger partial charge in [0.05, 0.1) is 13.2 Å². The minimum absolute atomic E-state index is 0.0111. The van der Waals surface area contributed by atoms with Crippen LogP contribution in [0.15, 0.2) is 59.5 Å². The average Bonchev–Trinajstić information content (AvgIpc) is 3.91. The molecule has 0 aliphatic carbocycles. The molecule has 2 N–H and O–H groups in total. The number of alkyl halides is 2. The summed E-state index contributed by atoms with van der Waals surface area (Å²) in [4.78, 5) is 84.7. The van der Waals surface area contributed by atoms with Gasteiger partial charge >= 0.3 is 13.3 Å². The van der Waals surface area contributed by atoms with Gasteiger partial charge in [-0.1, -0.05) is 82.3 Å². The number of halogens is 2. The second kappa shape index (κ2) is 22.1. The van der Waals surface area contributed by atoms with Gasteiger partial charge in [0.15, 0.2) is 10.2 Å². The first-order valence-electron chi connectivity index (χ1n) is 22.2. The van der Waals surface area contributed by atoms with E-state index >= 15 is 8.78 Å². The smallest absolute Gasteiger partial charge is 0.340 e. The highest BCUT2D eigenvalue weighted by Gasteiger charge is 2.55. The standard InChI is InChI=1S/C46H59F2N4O9PS2/c1-29(2)23-41(54)63-21-19-60-62(59,61-20-22-64-42(55)24-30(3)4)46(47,48)36-12-11-31-9-10-33(25-35(31)26-36)43(56)50-38-8-6-5-7-37-13-14-39(52(37)44(38)57)45(58)51-18-16-34(28-51)32-15-17-49-40(53)27-32/h9-12,15,17,25-27,29-30,34,37-39H,5-8,13-14,16,18-24,28H2,1-4H3,(H,49,53)(H,50,56)/t34?,37-,38-,39-/m0/s1. The van der Waals surface area contributed by atoms with Crippen molar-refractivity contribution in [3.05, 3.63) is 81.8 Å². The largest absolute Gasteiger partial charge is 0.404 e. The summed E-state index contributed by atoms with van der Waals surface area (Å²) in [5, 5.41) is 3.34. The summed E-state index contributed by atoms with van der Waals surface area (Å²) in [6.45, 7) is 7.56. The van der Waals surface area contributed by atoms with Crippen molar-refractivity contribution in [2.75, 3.05) is 37.8 Å². The molecule has 0 radical (unpaired) electrons. The van der Waals surface area contributed by atoms with Gasteiger partial charge < -0.3 is 29.1 Å². The van der Waals surface area contributed by atoms with E-state index in [4.69, 9.17) is 9.05 Å². The fourth-order valence-corrected chi connectivity index (χ4v) is 12.1.